The maximum Gasteiger partial charge on any atom is 0.307 e. The highest BCUT2D eigenvalue weighted by atomic mass is 35.5. The summed E-state index contributed by atoms with van der Waals surface area (Å²) in [6.07, 6.45) is 1.55. The van der Waals surface area contributed by atoms with Crippen molar-refractivity contribution in [3.05, 3.63) is 63.6 Å². The van der Waals surface area contributed by atoms with Crippen LogP contribution in [-0.2, 0) is 4.79 Å². The summed E-state index contributed by atoms with van der Waals surface area (Å²) >= 11 is 12.6. The van der Waals surface area contributed by atoms with E-state index < -0.39 is 5.97 Å². The third-order valence-corrected chi connectivity index (χ3v) is 5.49. The average molecular weight is 408 g/mol. The molecule has 0 radical (unpaired) electrons. The molecule has 1 N–H and O–H groups in total. The molecule has 0 spiro atoms. The van der Waals surface area contributed by atoms with E-state index in [0.29, 0.717) is 29.6 Å². The van der Waals surface area contributed by atoms with Crippen LogP contribution in [0, 0.1) is 5.92 Å². The zero-order chi connectivity index (χ0) is 19.4. The van der Waals surface area contributed by atoms with E-state index >= 15 is 0 Å². The summed E-state index contributed by atoms with van der Waals surface area (Å²) in [6, 6.07) is 13.3. The van der Waals surface area contributed by atoms with Gasteiger partial charge in [-0.1, -0.05) is 41.4 Å². The molecular weight excluding hydrogens is 385 g/mol. The van der Waals surface area contributed by atoms with E-state index in [9.17, 15) is 9.90 Å². The second kappa shape index (κ2) is 8.96. The van der Waals surface area contributed by atoms with E-state index in [-0.39, 0.29) is 12.0 Å². The Kier molecular flexibility index (Phi) is 6.64. The Morgan fingerprint density at radius 2 is 2.00 bits per heavy atom. The Morgan fingerprint density at radius 3 is 2.63 bits per heavy atom. The van der Waals surface area contributed by atoms with E-state index in [1.165, 1.54) is 0 Å². The van der Waals surface area contributed by atoms with Crippen molar-refractivity contribution in [1.82, 2.24) is 4.90 Å². The number of hydrogen-bond acceptors (Lipinski definition) is 3. The third kappa shape index (κ3) is 4.75. The lowest BCUT2D eigenvalue weighted by Gasteiger charge is -2.38. The Labute approximate surface area is 169 Å². The van der Waals surface area contributed by atoms with Gasteiger partial charge in [0.2, 0.25) is 0 Å². The van der Waals surface area contributed by atoms with Crippen LogP contribution in [-0.4, -0.2) is 35.7 Å². The molecule has 0 amide bonds. The summed E-state index contributed by atoms with van der Waals surface area (Å²) in [5, 5.41) is 10.6. The lowest BCUT2D eigenvalue weighted by molar-refractivity contribution is -0.143. The molecule has 1 saturated heterocycles. The summed E-state index contributed by atoms with van der Waals surface area (Å²) in [5.74, 6) is -0.299. The number of nitrogens with zero attached hydrogens (tertiary/aromatic N) is 1. The number of ether oxygens (including phenoxy) is 1. The first-order chi connectivity index (χ1) is 13.0. The zero-order valence-electron chi connectivity index (χ0n) is 15.2. The zero-order valence-corrected chi connectivity index (χ0v) is 16.7. The summed E-state index contributed by atoms with van der Waals surface area (Å²) < 4.78 is 5.54. The molecule has 0 saturated carbocycles. The van der Waals surface area contributed by atoms with Gasteiger partial charge in [0.15, 0.2) is 0 Å². The van der Waals surface area contributed by atoms with Gasteiger partial charge in [0, 0.05) is 16.6 Å². The van der Waals surface area contributed by atoms with Crippen LogP contribution in [0.25, 0.3) is 0 Å². The molecule has 4 nitrogen and oxygen atoms in total. The van der Waals surface area contributed by atoms with Gasteiger partial charge in [-0.05, 0) is 61.7 Å². The van der Waals surface area contributed by atoms with Crippen LogP contribution in [0.2, 0.25) is 10.0 Å². The van der Waals surface area contributed by atoms with Crippen molar-refractivity contribution in [2.45, 2.75) is 25.8 Å². The van der Waals surface area contributed by atoms with E-state index in [4.69, 9.17) is 27.9 Å². The van der Waals surface area contributed by atoms with Crippen molar-refractivity contribution in [3.63, 3.8) is 0 Å². The first-order valence-corrected chi connectivity index (χ1v) is 9.89. The van der Waals surface area contributed by atoms with E-state index in [2.05, 4.69) is 4.90 Å². The van der Waals surface area contributed by atoms with Crippen molar-refractivity contribution in [1.29, 1.82) is 0 Å². The number of carboxylic acids is 1. The van der Waals surface area contributed by atoms with Crippen LogP contribution >= 0.6 is 23.2 Å². The minimum Gasteiger partial charge on any atom is -0.494 e. The minimum absolute atomic E-state index is 0.132. The van der Waals surface area contributed by atoms with Gasteiger partial charge in [-0.25, -0.2) is 0 Å². The van der Waals surface area contributed by atoms with Crippen LogP contribution in [0.1, 0.15) is 36.9 Å². The second-order valence-corrected chi connectivity index (χ2v) is 7.59. The predicted octanol–water partition coefficient (Wildman–Crippen LogP) is 5.28. The molecule has 2 unspecified atom stereocenters. The molecule has 1 heterocycles. The Bertz CT molecular complexity index is 795. The number of aliphatic carboxylic acids is 1. The van der Waals surface area contributed by atoms with Gasteiger partial charge in [0.25, 0.3) is 0 Å². The molecular formula is C21H23Cl2NO3. The highest BCUT2D eigenvalue weighted by molar-refractivity contribution is 6.35. The van der Waals surface area contributed by atoms with Crippen molar-refractivity contribution < 1.29 is 14.6 Å². The summed E-state index contributed by atoms with van der Waals surface area (Å²) in [5.41, 5.74) is 1.98. The Balaban J connectivity index is 1.99. The van der Waals surface area contributed by atoms with Gasteiger partial charge in [0.05, 0.1) is 18.6 Å². The molecule has 0 bridgehead atoms. The van der Waals surface area contributed by atoms with Crippen LogP contribution in [0.15, 0.2) is 42.5 Å². The standard InChI is InChI=1S/C21H23Cl2NO3/c1-2-27-17-8-5-14(6-9-17)20(18-10-7-16(22)12-19(18)23)24-11-3-4-15(13-24)21(25)26/h5-10,12,15,20H,2-4,11,13H2,1H3,(H,25,26). The predicted molar refractivity (Wildman–Crippen MR) is 108 cm³/mol. The highest BCUT2D eigenvalue weighted by Gasteiger charge is 2.32. The fourth-order valence-electron chi connectivity index (χ4n) is 3.67. The second-order valence-electron chi connectivity index (χ2n) is 6.74. The van der Waals surface area contributed by atoms with Gasteiger partial charge in [-0.3, -0.25) is 9.69 Å². The quantitative estimate of drug-likeness (QED) is 0.707. The molecule has 2 atom stereocenters. The maximum absolute atomic E-state index is 11.5. The first kappa shape index (κ1) is 20.0. The van der Waals surface area contributed by atoms with Crippen LogP contribution < -0.4 is 4.74 Å². The summed E-state index contributed by atoms with van der Waals surface area (Å²) in [7, 11) is 0. The number of hydrogen-bond donors (Lipinski definition) is 1. The topological polar surface area (TPSA) is 49.8 Å². The monoisotopic (exact) mass is 407 g/mol. The number of likely N-dealkylation sites (tertiary alicyclic amines) is 1. The number of rotatable bonds is 6. The van der Waals surface area contributed by atoms with Crippen molar-refractivity contribution in [2.24, 2.45) is 5.92 Å². The molecule has 144 valence electrons. The van der Waals surface area contributed by atoms with Crippen molar-refractivity contribution in [2.75, 3.05) is 19.7 Å². The summed E-state index contributed by atoms with van der Waals surface area (Å²) in [6.45, 7) is 3.87. The minimum atomic E-state index is -0.743. The SMILES string of the molecule is CCOc1ccc(C(c2ccc(Cl)cc2Cl)N2CCCC(C(=O)O)C2)cc1. The molecule has 0 aromatic heterocycles. The molecule has 6 heteroatoms. The van der Waals surface area contributed by atoms with E-state index in [1.807, 2.05) is 43.3 Å². The van der Waals surface area contributed by atoms with Gasteiger partial charge in [-0.2, -0.15) is 0 Å². The molecule has 0 aliphatic carbocycles. The maximum atomic E-state index is 11.5. The molecule has 27 heavy (non-hydrogen) atoms. The number of benzene rings is 2. The average Bonchev–Trinajstić information content (AvgIpc) is 2.65. The number of carbonyl (C=O) groups is 1. The smallest absolute Gasteiger partial charge is 0.307 e. The van der Waals surface area contributed by atoms with Crippen molar-refractivity contribution in [3.8, 4) is 5.75 Å². The van der Waals surface area contributed by atoms with E-state index in [1.54, 1.807) is 6.07 Å². The van der Waals surface area contributed by atoms with Gasteiger partial charge in [-0.15, -0.1) is 0 Å². The highest BCUT2D eigenvalue weighted by Crippen LogP contribution is 2.37. The van der Waals surface area contributed by atoms with Crippen LogP contribution in [0.5, 0.6) is 5.75 Å². The number of piperidine rings is 1. The molecule has 2 aromatic rings. The molecule has 1 aliphatic rings. The normalized spacial score (nSPS) is 18.9. The van der Waals surface area contributed by atoms with E-state index in [0.717, 1.165) is 29.8 Å². The molecule has 1 aliphatic heterocycles. The Hall–Kier alpha value is -1.75. The van der Waals surface area contributed by atoms with Gasteiger partial charge >= 0.3 is 5.97 Å². The molecule has 2 aromatic carbocycles. The lowest BCUT2D eigenvalue weighted by atomic mass is 9.91. The third-order valence-electron chi connectivity index (χ3n) is 4.93. The number of carboxylic acid groups (broad SMARTS) is 1. The van der Waals surface area contributed by atoms with Gasteiger partial charge in [0.1, 0.15) is 5.75 Å². The Morgan fingerprint density at radius 1 is 1.26 bits per heavy atom. The molecule has 1 fully saturated rings. The number of halogens is 2. The fourth-order valence-corrected chi connectivity index (χ4v) is 4.18. The van der Waals surface area contributed by atoms with Crippen LogP contribution in [0.4, 0.5) is 0 Å². The molecule has 3 rings (SSSR count). The van der Waals surface area contributed by atoms with Crippen LogP contribution in [0.3, 0.4) is 0 Å². The lowest BCUT2D eigenvalue weighted by Crippen LogP contribution is -2.41. The fraction of sp³-hybridized carbons (Fsp3) is 0.381. The van der Waals surface area contributed by atoms with Crippen molar-refractivity contribution >= 4 is 29.2 Å². The largest absolute Gasteiger partial charge is 0.494 e. The van der Waals surface area contributed by atoms with Gasteiger partial charge < -0.3 is 9.84 Å². The first-order valence-electron chi connectivity index (χ1n) is 9.14. The summed E-state index contributed by atoms with van der Waals surface area (Å²) in [4.78, 5) is 13.7.